The van der Waals surface area contributed by atoms with E-state index in [0.29, 0.717) is 31.1 Å². The third kappa shape index (κ3) is 1.53. The largest absolute Gasteiger partial charge is 0.389 e. The van der Waals surface area contributed by atoms with Gasteiger partial charge in [-0.2, -0.15) is 5.10 Å². The van der Waals surface area contributed by atoms with Gasteiger partial charge in [0.25, 0.3) is 0 Å². The van der Waals surface area contributed by atoms with Crippen molar-refractivity contribution in [1.82, 2.24) is 9.78 Å². The molecule has 88 valence electrons. The third-order valence-corrected chi connectivity index (χ3v) is 2.71. The highest BCUT2D eigenvalue weighted by atomic mass is 16.6. The van der Waals surface area contributed by atoms with Crippen LogP contribution in [0.15, 0.2) is 0 Å². The Bertz CT molecular complexity index is 423. The van der Waals surface area contributed by atoms with Gasteiger partial charge in [0.2, 0.25) is 5.82 Å². The van der Waals surface area contributed by atoms with Crippen LogP contribution in [0.25, 0.3) is 0 Å². The van der Waals surface area contributed by atoms with E-state index in [2.05, 4.69) is 5.10 Å². The number of hydrogen-bond acceptors (Lipinski definition) is 5. The van der Waals surface area contributed by atoms with E-state index in [9.17, 15) is 15.2 Å². The number of aliphatic hydroxyl groups is 1. The van der Waals surface area contributed by atoms with Gasteiger partial charge < -0.3 is 10.0 Å². The average molecular weight is 226 g/mol. The maximum absolute atomic E-state index is 11.0. The number of nitro groups is 1. The van der Waals surface area contributed by atoms with Gasteiger partial charge in [0.05, 0.1) is 11.0 Å². The summed E-state index contributed by atoms with van der Waals surface area (Å²) in [5.74, 6) is 0.510. The third-order valence-electron chi connectivity index (χ3n) is 2.71. The quantitative estimate of drug-likeness (QED) is 0.592. The molecule has 2 rings (SSSR count). The minimum Gasteiger partial charge on any atom is -0.389 e. The highest BCUT2D eigenvalue weighted by molar-refractivity contribution is 5.62. The summed E-state index contributed by atoms with van der Waals surface area (Å²) in [7, 11) is 0. The smallest absolute Gasteiger partial charge is 0.333 e. The van der Waals surface area contributed by atoms with Crippen molar-refractivity contribution in [1.29, 1.82) is 0 Å². The van der Waals surface area contributed by atoms with E-state index in [-0.39, 0.29) is 11.8 Å². The van der Waals surface area contributed by atoms with Crippen molar-refractivity contribution in [3.63, 3.8) is 0 Å². The molecule has 7 nitrogen and oxygen atoms in total. The fourth-order valence-corrected chi connectivity index (χ4v) is 1.94. The molecule has 0 radical (unpaired) electrons. The van der Waals surface area contributed by atoms with Gasteiger partial charge in [0.1, 0.15) is 5.69 Å². The molecule has 2 heterocycles. The molecule has 0 spiro atoms. The summed E-state index contributed by atoms with van der Waals surface area (Å²) in [5.41, 5.74) is 0.469. The van der Waals surface area contributed by atoms with E-state index in [1.807, 2.05) is 6.92 Å². The van der Waals surface area contributed by atoms with E-state index in [1.165, 1.54) is 0 Å². The van der Waals surface area contributed by atoms with Gasteiger partial charge >= 0.3 is 5.69 Å². The molecule has 1 N–H and O–H groups in total. The number of aryl methyl sites for hydroxylation is 2. The summed E-state index contributed by atoms with van der Waals surface area (Å²) < 4.78 is 1.61. The van der Waals surface area contributed by atoms with Gasteiger partial charge in [-0.1, -0.05) is 0 Å². The van der Waals surface area contributed by atoms with Crippen molar-refractivity contribution in [2.24, 2.45) is 0 Å². The SMILES string of the molecule is CCn1nc(C)c([N+](=O)[O-])c1N1CC(O)C1. The van der Waals surface area contributed by atoms with Crippen LogP contribution in [0.2, 0.25) is 0 Å². The van der Waals surface area contributed by atoms with E-state index in [1.54, 1.807) is 16.5 Å². The van der Waals surface area contributed by atoms with Crippen LogP contribution in [0.4, 0.5) is 11.5 Å². The first kappa shape index (κ1) is 10.9. The van der Waals surface area contributed by atoms with Crippen LogP contribution in [0, 0.1) is 17.0 Å². The molecule has 1 fully saturated rings. The predicted molar refractivity (Wildman–Crippen MR) is 57.5 cm³/mol. The lowest BCUT2D eigenvalue weighted by Gasteiger charge is -2.36. The van der Waals surface area contributed by atoms with Gasteiger partial charge in [0.15, 0.2) is 0 Å². The van der Waals surface area contributed by atoms with Crippen LogP contribution in [0.5, 0.6) is 0 Å². The Balaban J connectivity index is 2.43. The van der Waals surface area contributed by atoms with Gasteiger partial charge in [-0.25, -0.2) is 4.68 Å². The number of hydrogen-bond donors (Lipinski definition) is 1. The molecule has 0 atom stereocenters. The molecule has 1 aromatic rings. The lowest BCUT2D eigenvalue weighted by molar-refractivity contribution is -0.384. The Hall–Kier alpha value is -1.63. The Labute approximate surface area is 92.4 Å². The zero-order chi connectivity index (χ0) is 11.9. The van der Waals surface area contributed by atoms with E-state index in [0.717, 1.165) is 0 Å². The van der Waals surface area contributed by atoms with Crippen molar-refractivity contribution >= 4 is 11.5 Å². The molecule has 7 heteroatoms. The monoisotopic (exact) mass is 226 g/mol. The number of aliphatic hydroxyl groups excluding tert-OH is 1. The molecule has 0 aliphatic carbocycles. The zero-order valence-corrected chi connectivity index (χ0v) is 9.25. The van der Waals surface area contributed by atoms with Crippen molar-refractivity contribution in [3.05, 3.63) is 15.8 Å². The van der Waals surface area contributed by atoms with Gasteiger partial charge in [0, 0.05) is 19.6 Å². The lowest BCUT2D eigenvalue weighted by Crippen LogP contribution is -2.51. The second-order valence-corrected chi connectivity index (χ2v) is 3.89. The molecule has 1 aliphatic rings. The highest BCUT2D eigenvalue weighted by Crippen LogP contribution is 2.34. The summed E-state index contributed by atoms with van der Waals surface area (Å²) in [4.78, 5) is 12.3. The molecule has 1 saturated heterocycles. The van der Waals surface area contributed by atoms with Gasteiger partial charge in [-0.05, 0) is 13.8 Å². The minimum atomic E-state index is -0.408. The average Bonchev–Trinajstić information content (AvgIpc) is 2.50. The summed E-state index contributed by atoms with van der Waals surface area (Å²) >= 11 is 0. The first-order valence-corrected chi connectivity index (χ1v) is 5.19. The Morgan fingerprint density at radius 3 is 2.69 bits per heavy atom. The van der Waals surface area contributed by atoms with Crippen LogP contribution < -0.4 is 4.90 Å². The standard InChI is InChI=1S/C9H14N4O3/c1-3-12-9(11-4-7(14)5-11)8(13(15)16)6(2)10-12/h7,14H,3-5H2,1-2H3. The number of rotatable bonds is 3. The first-order valence-electron chi connectivity index (χ1n) is 5.19. The number of aromatic nitrogens is 2. The molecule has 0 aromatic carbocycles. The van der Waals surface area contributed by atoms with Crippen LogP contribution >= 0.6 is 0 Å². The number of nitrogens with zero attached hydrogens (tertiary/aromatic N) is 4. The van der Waals surface area contributed by atoms with E-state index in [4.69, 9.17) is 0 Å². The molecule has 0 unspecified atom stereocenters. The fraction of sp³-hybridized carbons (Fsp3) is 0.667. The van der Waals surface area contributed by atoms with Crippen molar-refractivity contribution in [2.75, 3.05) is 18.0 Å². The summed E-state index contributed by atoms with van der Waals surface area (Å²) in [5, 5.41) is 24.3. The number of β-amino-alcohol motifs (C(OH)–C–C–N with tert-alkyl or cyclic N) is 1. The maximum atomic E-state index is 11.0. The fourth-order valence-electron chi connectivity index (χ4n) is 1.94. The van der Waals surface area contributed by atoms with Gasteiger partial charge in [-0.15, -0.1) is 0 Å². The topological polar surface area (TPSA) is 84.4 Å². The minimum absolute atomic E-state index is 0.0498. The normalized spacial score (nSPS) is 16.3. The van der Waals surface area contributed by atoms with Crippen LogP contribution in [0.3, 0.4) is 0 Å². The Morgan fingerprint density at radius 1 is 1.62 bits per heavy atom. The first-order chi connectivity index (χ1) is 7.54. The Kier molecular flexibility index (Phi) is 2.55. The summed E-state index contributed by atoms with van der Waals surface area (Å²) in [6, 6.07) is 0. The molecular weight excluding hydrogens is 212 g/mol. The predicted octanol–water partition coefficient (Wildman–Crippen LogP) is 0.301. The molecule has 16 heavy (non-hydrogen) atoms. The zero-order valence-electron chi connectivity index (χ0n) is 9.25. The summed E-state index contributed by atoms with van der Waals surface area (Å²) in [6.07, 6.45) is -0.389. The molecular formula is C9H14N4O3. The van der Waals surface area contributed by atoms with E-state index < -0.39 is 4.92 Å². The maximum Gasteiger partial charge on any atom is 0.333 e. The highest BCUT2D eigenvalue weighted by Gasteiger charge is 2.35. The molecule has 0 amide bonds. The van der Waals surface area contributed by atoms with E-state index >= 15 is 0 Å². The molecule has 0 bridgehead atoms. The summed E-state index contributed by atoms with van der Waals surface area (Å²) in [6.45, 7) is 4.97. The lowest BCUT2D eigenvalue weighted by atomic mass is 10.1. The van der Waals surface area contributed by atoms with Gasteiger partial charge in [-0.3, -0.25) is 10.1 Å². The molecule has 0 saturated carbocycles. The Morgan fingerprint density at radius 2 is 2.25 bits per heavy atom. The van der Waals surface area contributed by atoms with Crippen molar-refractivity contribution in [3.8, 4) is 0 Å². The van der Waals surface area contributed by atoms with Crippen molar-refractivity contribution < 1.29 is 10.0 Å². The second-order valence-electron chi connectivity index (χ2n) is 3.89. The number of anilines is 1. The van der Waals surface area contributed by atoms with Crippen LogP contribution in [-0.2, 0) is 6.54 Å². The molecule has 1 aliphatic heterocycles. The van der Waals surface area contributed by atoms with Crippen LogP contribution in [0.1, 0.15) is 12.6 Å². The van der Waals surface area contributed by atoms with Crippen LogP contribution in [-0.4, -0.2) is 39.0 Å². The van der Waals surface area contributed by atoms with Crippen molar-refractivity contribution in [2.45, 2.75) is 26.5 Å². The molecule has 1 aromatic heterocycles. The second kappa shape index (κ2) is 3.75.